The van der Waals surface area contributed by atoms with Gasteiger partial charge in [0.2, 0.25) is 5.91 Å². The molecule has 0 saturated carbocycles. The summed E-state index contributed by atoms with van der Waals surface area (Å²) in [4.78, 5) is 39.6. The average molecular weight is 541 g/mol. The molecule has 0 saturated heterocycles. The van der Waals surface area contributed by atoms with Crippen LogP contribution in [0.5, 0.6) is 5.75 Å². The molecule has 0 aliphatic carbocycles. The maximum absolute atomic E-state index is 13.1. The highest BCUT2D eigenvalue weighted by Gasteiger charge is 2.26. The number of benzene rings is 3. The Morgan fingerprint density at radius 1 is 1.03 bits per heavy atom. The van der Waals surface area contributed by atoms with E-state index in [1.165, 1.54) is 6.07 Å². The van der Waals surface area contributed by atoms with E-state index in [1.807, 2.05) is 12.1 Å². The molecule has 1 atom stereocenters. The lowest BCUT2D eigenvalue weighted by molar-refractivity contribution is -0.139. The third-order valence-corrected chi connectivity index (χ3v) is 7.04. The van der Waals surface area contributed by atoms with Crippen molar-refractivity contribution in [1.82, 2.24) is 5.32 Å². The quantitative estimate of drug-likeness (QED) is 0.392. The number of halogens is 2. The first-order valence-corrected chi connectivity index (χ1v) is 12.6. The van der Waals surface area contributed by atoms with Crippen molar-refractivity contribution in [2.45, 2.75) is 38.6 Å². The Labute approximate surface area is 224 Å². The highest BCUT2D eigenvalue weighted by Crippen LogP contribution is 2.30. The highest BCUT2D eigenvalue weighted by molar-refractivity contribution is 6.34. The number of hydrogen-bond donors (Lipinski definition) is 3. The van der Waals surface area contributed by atoms with Crippen LogP contribution in [-0.2, 0) is 28.9 Å². The van der Waals surface area contributed by atoms with Crippen molar-refractivity contribution in [3.05, 3.63) is 92.5 Å². The minimum Gasteiger partial charge on any atom is -0.506 e. The third kappa shape index (κ3) is 6.06. The summed E-state index contributed by atoms with van der Waals surface area (Å²) in [6, 6.07) is 14.1. The van der Waals surface area contributed by atoms with Crippen LogP contribution < -0.4 is 10.2 Å². The summed E-state index contributed by atoms with van der Waals surface area (Å²) in [6.07, 6.45) is 1.73. The fourth-order valence-corrected chi connectivity index (χ4v) is 5.06. The van der Waals surface area contributed by atoms with Crippen molar-refractivity contribution in [3.63, 3.8) is 0 Å². The van der Waals surface area contributed by atoms with Crippen molar-refractivity contribution in [1.29, 1.82) is 0 Å². The van der Waals surface area contributed by atoms with E-state index in [-0.39, 0.29) is 40.1 Å². The van der Waals surface area contributed by atoms with Crippen LogP contribution in [0.2, 0.25) is 10.0 Å². The first-order chi connectivity index (χ1) is 17.6. The number of phenolic OH excluding ortho intramolecular Hbond substituents is 1. The zero-order valence-corrected chi connectivity index (χ0v) is 21.6. The van der Waals surface area contributed by atoms with Gasteiger partial charge in [0.25, 0.3) is 5.91 Å². The third-order valence-electron chi connectivity index (χ3n) is 6.42. The Bertz CT molecular complexity index is 1350. The lowest BCUT2D eigenvalue weighted by Crippen LogP contribution is -2.42. The summed E-state index contributed by atoms with van der Waals surface area (Å²) in [6.45, 7) is 2.31. The maximum atomic E-state index is 13.1. The van der Waals surface area contributed by atoms with E-state index in [1.54, 1.807) is 48.2 Å². The Hall–Kier alpha value is -3.55. The summed E-state index contributed by atoms with van der Waals surface area (Å²) in [5, 5.41) is 22.4. The second-order valence-corrected chi connectivity index (χ2v) is 9.89. The molecule has 4 rings (SSSR count). The van der Waals surface area contributed by atoms with Gasteiger partial charge in [-0.1, -0.05) is 53.5 Å². The lowest BCUT2D eigenvalue weighted by atomic mass is 9.95. The molecule has 0 fully saturated rings. The molecule has 3 aromatic rings. The monoisotopic (exact) mass is 540 g/mol. The molecule has 0 spiro atoms. The minimum atomic E-state index is -1.15. The normalized spacial score (nSPS) is 13.5. The first-order valence-electron chi connectivity index (χ1n) is 11.8. The van der Waals surface area contributed by atoms with E-state index in [4.69, 9.17) is 23.2 Å². The number of carboxylic acid groups (broad SMARTS) is 1. The van der Waals surface area contributed by atoms with Crippen molar-refractivity contribution < 1.29 is 24.6 Å². The van der Waals surface area contributed by atoms with Crippen LogP contribution in [0.4, 0.5) is 5.69 Å². The molecule has 192 valence electrons. The number of nitrogens with one attached hydrogen (secondary N) is 1. The van der Waals surface area contributed by atoms with Gasteiger partial charge in [0.05, 0.1) is 22.0 Å². The molecule has 0 radical (unpaired) electrons. The Kier molecular flexibility index (Phi) is 8.05. The van der Waals surface area contributed by atoms with E-state index in [0.29, 0.717) is 17.7 Å². The highest BCUT2D eigenvalue weighted by atomic mass is 35.5. The number of carboxylic acids is 1. The number of carbonyl (C=O) groups excluding carboxylic acids is 2. The molecule has 37 heavy (non-hydrogen) atoms. The van der Waals surface area contributed by atoms with E-state index in [2.05, 4.69) is 5.32 Å². The molecule has 0 bridgehead atoms. The predicted octanol–water partition coefficient (Wildman–Crippen LogP) is 4.96. The Morgan fingerprint density at radius 3 is 2.49 bits per heavy atom. The number of hydrogen-bond acceptors (Lipinski definition) is 4. The smallest absolute Gasteiger partial charge is 0.326 e. The molecule has 1 heterocycles. The molecule has 0 aromatic heterocycles. The molecule has 9 heteroatoms. The SMILES string of the molecule is Cc1cccc(Cl)c1C(=O)N[C@@H](Cc1ccc2c(c1)CCCN2C(=O)Cc1ccc(O)c(Cl)c1)C(=O)O. The Morgan fingerprint density at radius 2 is 1.78 bits per heavy atom. The summed E-state index contributed by atoms with van der Waals surface area (Å²) < 4.78 is 0. The standard InChI is InChI=1S/C28H26Cl2N2O5/c1-16-4-2-6-20(29)26(16)27(35)31-22(28(36)37)14-17-7-9-23-19(12-17)5-3-11-32(23)25(34)15-18-8-10-24(33)21(30)13-18/h2,4,6-10,12-13,22,33H,3,5,11,14-15H2,1H3,(H,31,35)(H,36,37)/t22-/m0/s1. The average Bonchev–Trinajstić information content (AvgIpc) is 2.85. The number of amides is 2. The fourth-order valence-electron chi connectivity index (χ4n) is 4.55. The lowest BCUT2D eigenvalue weighted by Gasteiger charge is -2.30. The number of carbonyl (C=O) groups is 3. The summed E-state index contributed by atoms with van der Waals surface area (Å²) >= 11 is 12.2. The summed E-state index contributed by atoms with van der Waals surface area (Å²) in [5.41, 5.74) is 4.07. The number of aliphatic carboxylic acids is 1. The molecule has 7 nitrogen and oxygen atoms in total. The largest absolute Gasteiger partial charge is 0.506 e. The molecular formula is C28H26Cl2N2O5. The van der Waals surface area contributed by atoms with Gasteiger partial charge in [-0.25, -0.2) is 4.79 Å². The zero-order valence-electron chi connectivity index (χ0n) is 20.1. The molecule has 1 aliphatic heterocycles. The molecule has 0 unspecified atom stereocenters. The molecule has 2 amide bonds. The van der Waals surface area contributed by atoms with Crippen LogP contribution in [0.1, 0.15) is 39.0 Å². The summed E-state index contributed by atoms with van der Waals surface area (Å²) in [5.74, 6) is -1.83. The molecule has 1 aliphatic rings. The van der Waals surface area contributed by atoms with Gasteiger partial charge >= 0.3 is 5.97 Å². The van der Waals surface area contributed by atoms with Crippen molar-refractivity contribution >= 4 is 46.7 Å². The van der Waals surface area contributed by atoms with Crippen molar-refractivity contribution in [3.8, 4) is 5.75 Å². The molecule has 3 aromatic carbocycles. The Balaban J connectivity index is 1.50. The fraction of sp³-hybridized carbons (Fsp3) is 0.250. The summed E-state index contributed by atoms with van der Waals surface area (Å²) in [7, 11) is 0. The zero-order chi connectivity index (χ0) is 26.7. The van der Waals surface area contributed by atoms with Gasteiger partial charge in [-0.15, -0.1) is 0 Å². The van der Waals surface area contributed by atoms with Gasteiger partial charge in [-0.3, -0.25) is 9.59 Å². The molecular weight excluding hydrogens is 515 g/mol. The second kappa shape index (κ2) is 11.2. The maximum Gasteiger partial charge on any atom is 0.326 e. The van der Waals surface area contributed by atoms with Gasteiger partial charge in [0.15, 0.2) is 0 Å². The van der Waals surface area contributed by atoms with E-state index < -0.39 is 17.9 Å². The number of aromatic hydroxyl groups is 1. The number of aryl methyl sites for hydroxylation is 2. The van der Waals surface area contributed by atoms with Crippen molar-refractivity contribution in [2.75, 3.05) is 11.4 Å². The van der Waals surface area contributed by atoms with Gasteiger partial charge < -0.3 is 20.4 Å². The van der Waals surface area contributed by atoms with Gasteiger partial charge in [0, 0.05) is 18.7 Å². The van der Waals surface area contributed by atoms with Crippen LogP contribution in [0.15, 0.2) is 54.6 Å². The molecule has 3 N–H and O–H groups in total. The van der Waals surface area contributed by atoms with E-state index >= 15 is 0 Å². The van der Waals surface area contributed by atoms with Gasteiger partial charge in [-0.2, -0.15) is 0 Å². The predicted molar refractivity (Wildman–Crippen MR) is 143 cm³/mol. The second-order valence-electron chi connectivity index (χ2n) is 9.07. The number of fused-ring (bicyclic) bond motifs is 1. The number of rotatable bonds is 7. The topological polar surface area (TPSA) is 107 Å². The van der Waals surface area contributed by atoms with Crippen molar-refractivity contribution in [2.24, 2.45) is 0 Å². The van der Waals surface area contributed by atoms with Crippen LogP contribution in [0.25, 0.3) is 0 Å². The van der Waals surface area contributed by atoms with Gasteiger partial charge in [0.1, 0.15) is 11.8 Å². The number of phenols is 1. The number of nitrogens with zero attached hydrogens (tertiary/aromatic N) is 1. The van der Waals surface area contributed by atoms with Crippen LogP contribution in [-0.4, -0.2) is 40.6 Å². The number of anilines is 1. The van der Waals surface area contributed by atoms with Crippen LogP contribution in [0, 0.1) is 6.92 Å². The first kappa shape index (κ1) is 26.5. The van der Waals surface area contributed by atoms with Gasteiger partial charge in [-0.05, 0) is 66.3 Å². The van der Waals surface area contributed by atoms with E-state index in [0.717, 1.165) is 29.7 Å². The van der Waals surface area contributed by atoms with E-state index in [9.17, 15) is 24.6 Å². The van der Waals surface area contributed by atoms with Crippen LogP contribution >= 0.6 is 23.2 Å². The minimum absolute atomic E-state index is 0.0356. The van der Waals surface area contributed by atoms with Crippen LogP contribution in [0.3, 0.4) is 0 Å².